The monoisotopic (exact) mass is 143 g/mol. The summed E-state index contributed by atoms with van der Waals surface area (Å²) >= 11 is 0. The molecule has 1 N–H and O–H groups in total. The van der Waals surface area contributed by atoms with E-state index >= 15 is 0 Å². The van der Waals surface area contributed by atoms with Gasteiger partial charge < -0.3 is 5.11 Å². The van der Waals surface area contributed by atoms with Gasteiger partial charge in [0.1, 0.15) is 0 Å². The van der Waals surface area contributed by atoms with Crippen molar-refractivity contribution in [1.29, 1.82) is 0 Å². The molecule has 0 heterocycles. The van der Waals surface area contributed by atoms with E-state index < -0.39 is 5.97 Å². The van der Waals surface area contributed by atoms with Crippen LogP contribution in [-0.2, 0) is 4.79 Å². The molecule has 0 rings (SSSR count). The maximum absolute atomic E-state index is 9.77. The molecule has 0 saturated carbocycles. The second kappa shape index (κ2) is 6.19. The molecule has 0 atom stereocenters. The summed E-state index contributed by atoms with van der Waals surface area (Å²) < 4.78 is 0. The molecule has 0 fully saturated rings. The van der Waals surface area contributed by atoms with Gasteiger partial charge in [-0.1, -0.05) is 0 Å². The second-order valence-corrected chi connectivity index (χ2v) is 1.63. The molecule has 0 amide bonds. The summed E-state index contributed by atoms with van der Waals surface area (Å²) in [4.78, 5) is 11.4. The Balaban J connectivity index is 0. The zero-order chi connectivity index (χ0) is 5.86. The first kappa shape index (κ1) is 11.8. The minimum atomic E-state index is -0.787. The van der Waals surface area contributed by atoms with E-state index in [1.807, 2.05) is 0 Å². The van der Waals surface area contributed by atoms with Gasteiger partial charge in [-0.25, -0.2) is 0 Å². The number of aliphatic carboxylic acids is 1. The zero-order valence-electron chi connectivity index (χ0n) is 4.51. The van der Waals surface area contributed by atoms with Crippen LogP contribution in [0.5, 0.6) is 0 Å². The van der Waals surface area contributed by atoms with E-state index in [1.165, 1.54) is 0 Å². The van der Waals surface area contributed by atoms with Crippen LogP contribution in [0.3, 0.4) is 0 Å². The summed E-state index contributed by atoms with van der Waals surface area (Å²) in [5.41, 5.74) is 0. The average Bonchev–Trinajstić information content (AvgIpc) is 1.27. The number of carbonyl (C=O) groups is 1. The molecule has 0 aliphatic carbocycles. The van der Waals surface area contributed by atoms with Crippen LogP contribution in [0.25, 0.3) is 0 Å². The van der Waals surface area contributed by atoms with Gasteiger partial charge in [-0.05, 0) is 14.1 Å². The number of nitrogens with zero attached hydrogens (tertiary/aromatic N) is 1. The predicted octanol–water partition coefficient (Wildman–Crippen LogP) is -1.02. The van der Waals surface area contributed by atoms with Crippen molar-refractivity contribution in [2.45, 2.75) is 0 Å². The average molecular weight is 143 g/mol. The summed E-state index contributed by atoms with van der Waals surface area (Å²) in [5, 5.41) is 8.04. The molecule has 0 saturated heterocycles. The molecule has 0 spiro atoms. The van der Waals surface area contributed by atoms with Gasteiger partial charge in [-0.3, -0.25) is 9.69 Å². The van der Waals surface area contributed by atoms with Gasteiger partial charge in [0.05, 0.1) is 6.54 Å². The third kappa shape index (κ3) is 10.1. The van der Waals surface area contributed by atoms with E-state index in [-0.39, 0.29) is 57.9 Å². The summed E-state index contributed by atoms with van der Waals surface area (Å²) in [7, 11) is 3.43. The quantitative estimate of drug-likeness (QED) is 0.503. The Kier molecular flexibility index (Phi) is 9.14. The van der Waals surface area contributed by atoms with E-state index in [4.69, 9.17) is 5.11 Å². The Hall–Kier alpha value is 1.07. The molecule has 0 bridgehead atoms. The first-order valence-corrected chi connectivity index (χ1v) is 1.99. The van der Waals surface area contributed by atoms with Gasteiger partial charge >= 0.3 is 57.4 Å². The molecule has 0 aromatic carbocycles. The fourth-order valence-corrected chi connectivity index (χ4v) is 0.271. The Bertz CT molecular complexity index is 74.4. The molecular weight excluding hydrogens is 133 g/mol. The van der Waals surface area contributed by atoms with E-state index in [0.29, 0.717) is 0 Å². The summed E-state index contributed by atoms with van der Waals surface area (Å²) in [6, 6.07) is 0. The summed E-state index contributed by atoms with van der Waals surface area (Å²) in [6.07, 6.45) is 0. The molecule has 8 heavy (non-hydrogen) atoms. The van der Waals surface area contributed by atoms with E-state index in [1.54, 1.807) is 19.0 Å². The molecule has 0 aliphatic rings. The maximum atomic E-state index is 9.77. The Labute approximate surface area is 91.5 Å². The van der Waals surface area contributed by atoms with Crippen LogP contribution in [0, 0.1) is 0 Å². The molecular formula is C4H10KNO2. The van der Waals surface area contributed by atoms with Crippen molar-refractivity contribution in [2.75, 3.05) is 20.6 Å². The van der Waals surface area contributed by atoms with Crippen molar-refractivity contribution < 1.29 is 9.90 Å². The first-order chi connectivity index (χ1) is 3.13. The molecule has 3 nitrogen and oxygen atoms in total. The molecule has 4 heteroatoms. The Morgan fingerprint density at radius 1 is 1.62 bits per heavy atom. The summed E-state index contributed by atoms with van der Waals surface area (Å²) in [6.45, 7) is 0.111. The van der Waals surface area contributed by atoms with Crippen LogP contribution in [0.2, 0.25) is 0 Å². The van der Waals surface area contributed by atoms with Gasteiger partial charge in [0.15, 0.2) is 0 Å². The Morgan fingerprint density at radius 3 is 2.00 bits per heavy atom. The Morgan fingerprint density at radius 2 is 2.00 bits per heavy atom. The second-order valence-electron chi connectivity index (χ2n) is 1.63. The van der Waals surface area contributed by atoms with Gasteiger partial charge in [0.25, 0.3) is 0 Å². The number of rotatable bonds is 2. The van der Waals surface area contributed by atoms with Crippen LogP contribution in [0.1, 0.15) is 0 Å². The molecule has 0 aliphatic heterocycles. The van der Waals surface area contributed by atoms with Crippen molar-refractivity contribution in [3.05, 3.63) is 0 Å². The normalized spacial score (nSPS) is 8.38. The topological polar surface area (TPSA) is 40.5 Å². The standard InChI is InChI=1S/C4H9NO2.K.H/c1-5(2)3-4(6)7;;/h3H2,1-2H3,(H,6,7);;. The predicted molar refractivity (Wildman–Crippen MR) is 33.3 cm³/mol. The van der Waals surface area contributed by atoms with Crippen molar-refractivity contribution >= 4 is 57.4 Å². The third-order valence-corrected chi connectivity index (χ3v) is 0.451. The van der Waals surface area contributed by atoms with Gasteiger partial charge in [0.2, 0.25) is 0 Å². The molecule has 44 valence electrons. The van der Waals surface area contributed by atoms with E-state index in [0.717, 1.165) is 0 Å². The molecule has 0 unspecified atom stereocenters. The summed E-state index contributed by atoms with van der Waals surface area (Å²) in [5.74, 6) is -0.787. The fourth-order valence-electron chi connectivity index (χ4n) is 0.271. The van der Waals surface area contributed by atoms with Crippen LogP contribution >= 0.6 is 0 Å². The van der Waals surface area contributed by atoms with Crippen molar-refractivity contribution in [3.63, 3.8) is 0 Å². The molecule has 0 aromatic heterocycles. The van der Waals surface area contributed by atoms with Crippen molar-refractivity contribution in [3.8, 4) is 0 Å². The first-order valence-electron chi connectivity index (χ1n) is 1.99. The van der Waals surface area contributed by atoms with Gasteiger partial charge in [0, 0.05) is 0 Å². The number of carboxylic acids is 1. The fraction of sp³-hybridized carbons (Fsp3) is 0.750. The van der Waals surface area contributed by atoms with Crippen LogP contribution in [-0.4, -0.2) is 88.0 Å². The van der Waals surface area contributed by atoms with Crippen molar-refractivity contribution in [2.24, 2.45) is 0 Å². The number of hydrogen-bond donors (Lipinski definition) is 1. The third-order valence-electron chi connectivity index (χ3n) is 0.451. The number of carboxylic acid groups (broad SMARTS) is 1. The van der Waals surface area contributed by atoms with E-state index in [2.05, 4.69) is 0 Å². The van der Waals surface area contributed by atoms with Crippen LogP contribution < -0.4 is 0 Å². The van der Waals surface area contributed by atoms with Crippen LogP contribution in [0.4, 0.5) is 0 Å². The van der Waals surface area contributed by atoms with Crippen LogP contribution in [0.15, 0.2) is 0 Å². The molecule has 0 radical (unpaired) electrons. The number of likely N-dealkylation sites (N-methyl/N-ethyl adjacent to an activating group) is 1. The molecule has 0 aromatic rings. The van der Waals surface area contributed by atoms with E-state index in [9.17, 15) is 4.79 Å². The van der Waals surface area contributed by atoms with Gasteiger partial charge in [-0.15, -0.1) is 0 Å². The van der Waals surface area contributed by atoms with Gasteiger partial charge in [-0.2, -0.15) is 0 Å². The van der Waals surface area contributed by atoms with Crippen molar-refractivity contribution in [1.82, 2.24) is 4.90 Å². The SMILES string of the molecule is CN(C)CC(=O)O.[KH]. The number of hydrogen-bond acceptors (Lipinski definition) is 2. The zero-order valence-corrected chi connectivity index (χ0v) is 4.51. The minimum absolute atomic E-state index is 0.